The van der Waals surface area contributed by atoms with Gasteiger partial charge in [-0.1, -0.05) is 12.1 Å². The molecule has 1 aromatic rings. The van der Waals surface area contributed by atoms with E-state index >= 15 is 0 Å². The molecule has 134 valence electrons. The maximum Gasteiger partial charge on any atom is 0.305 e. The normalized spacial score (nSPS) is 16.1. The summed E-state index contributed by atoms with van der Waals surface area (Å²) < 4.78 is 4.51. The summed E-state index contributed by atoms with van der Waals surface area (Å²) >= 11 is 0. The Morgan fingerprint density at radius 3 is 2.72 bits per heavy atom. The molecule has 0 aliphatic carbocycles. The zero-order valence-electron chi connectivity index (χ0n) is 14.0. The Hall–Kier alpha value is -2.90. The van der Waals surface area contributed by atoms with Crippen molar-refractivity contribution >= 4 is 29.4 Å². The first-order chi connectivity index (χ1) is 12.0. The fraction of sp³-hybridized carbons (Fsp3) is 0.412. The molecule has 1 aliphatic rings. The van der Waals surface area contributed by atoms with Crippen molar-refractivity contribution < 1.29 is 23.9 Å². The number of carbonyl (C=O) groups excluding carboxylic acids is 4. The van der Waals surface area contributed by atoms with E-state index in [4.69, 9.17) is 0 Å². The topological polar surface area (TPSA) is 114 Å². The highest BCUT2D eigenvalue weighted by Gasteiger charge is 2.27. The van der Waals surface area contributed by atoms with E-state index in [1.54, 1.807) is 24.3 Å². The number of carbonyl (C=O) groups is 4. The molecular formula is C17H21N3O5. The number of benzene rings is 1. The number of fused-ring (bicyclic) bond motifs is 1. The number of anilines is 1. The molecule has 25 heavy (non-hydrogen) atoms. The average molecular weight is 347 g/mol. The monoisotopic (exact) mass is 347 g/mol. The number of esters is 1. The summed E-state index contributed by atoms with van der Waals surface area (Å²) in [7, 11) is 1.31. The van der Waals surface area contributed by atoms with Gasteiger partial charge in [0.15, 0.2) is 0 Å². The van der Waals surface area contributed by atoms with Crippen molar-refractivity contribution in [2.24, 2.45) is 0 Å². The Morgan fingerprint density at radius 2 is 1.96 bits per heavy atom. The number of para-hydroxylation sites is 1. The van der Waals surface area contributed by atoms with Crippen molar-refractivity contribution in [2.45, 2.75) is 31.7 Å². The third kappa shape index (κ3) is 5.30. The summed E-state index contributed by atoms with van der Waals surface area (Å²) in [5, 5.41) is 8.00. The van der Waals surface area contributed by atoms with Gasteiger partial charge in [0.2, 0.25) is 11.8 Å². The molecule has 3 N–H and O–H groups in total. The molecule has 0 saturated heterocycles. The van der Waals surface area contributed by atoms with Crippen molar-refractivity contribution in [1.82, 2.24) is 10.6 Å². The van der Waals surface area contributed by atoms with E-state index in [0.717, 1.165) is 0 Å². The average Bonchev–Trinajstić information content (AvgIpc) is 2.73. The van der Waals surface area contributed by atoms with Crippen molar-refractivity contribution in [3.8, 4) is 0 Å². The number of rotatable bonds is 7. The van der Waals surface area contributed by atoms with Gasteiger partial charge in [-0.2, -0.15) is 0 Å². The highest BCUT2D eigenvalue weighted by molar-refractivity contribution is 6.09. The zero-order valence-corrected chi connectivity index (χ0v) is 14.0. The molecule has 8 nitrogen and oxygen atoms in total. The smallest absolute Gasteiger partial charge is 0.305 e. The summed E-state index contributed by atoms with van der Waals surface area (Å²) in [6.07, 6.45) is 0.992. The first-order valence-electron chi connectivity index (χ1n) is 8.05. The van der Waals surface area contributed by atoms with E-state index in [2.05, 4.69) is 20.7 Å². The van der Waals surface area contributed by atoms with Crippen LogP contribution in [-0.4, -0.2) is 43.4 Å². The van der Waals surface area contributed by atoms with Crippen molar-refractivity contribution in [3.63, 3.8) is 0 Å². The molecule has 2 rings (SSSR count). The van der Waals surface area contributed by atoms with Crippen LogP contribution < -0.4 is 16.0 Å². The summed E-state index contributed by atoms with van der Waals surface area (Å²) in [5.41, 5.74) is 0.852. The lowest BCUT2D eigenvalue weighted by atomic mass is 10.1. The Morgan fingerprint density at radius 1 is 1.20 bits per heavy atom. The van der Waals surface area contributed by atoms with Gasteiger partial charge in [-0.25, -0.2) is 0 Å². The Labute approximate surface area is 145 Å². The van der Waals surface area contributed by atoms with Gasteiger partial charge in [0.25, 0.3) is 5.91 Å². The van der Waals surface area contributed by atoms with Gasteiger partial charge < -0.3 is 20.7 Å². The van der Waals surface area contributed by atoms with Gasteiger partial charge in [0.1, 0.15) is 6.04 Å². The van der Waals surface area contributed by atoms with E-state index in [1.165, 1.54) is 7.11 Å². The van der Waals surface area contributed by atoms with Crippen LogP contribution in [0.5, 0.6) is 0 Å². The number of methoxy groups -OCH3 is 1. The van der Waals surface area contributed by atoms with Gasteiger partial charge in [-0.3, -0.25) is 19.2 Å². The van der Waals surface area contributed by atoms with Gasteiger partial charge in [-0.05, 0) is 25.0 Å². The van der Waals surface area contributed by atoms with Crippen LogP contribution in [0.2, 0.25) is 0 Å². The summed E-state index contributed by atoms with van der Waals surface area (Å²) in [6, 6.07) is 5.95. The quantitative estimate of drug-likeness (QED) is 0.493. The highest BCUT2D eigenvalue weighted by Crippen LogP contribution is 2.19. The Kier molecular flexibility index (Phi) is 6.50. The molecule has 3 amide bonds. The summed E-state index contributed by atoms with van der Waals surface area (Å²) in [5.74, 6) is -1.27. The van der Waals surface area contributed by atoms with E-state index in [0.29, 0.717) is 24.2 Å². The van der Waals surface area contributed by atoms with Crippen LogP contribution >= 0.6 is 0 Å². The van der Waals surface area contributed by atoms with Crippen molar-refractivity contribution in [2.75, 3.05) is 19.0 Å². The molecule has 8 heteroatoms. The molecule has 0 bridgehead atoms. The van der Waals surface area contributed by atoms with Crippen molar-refractivity contribution in [3.05, 3.63) is 29.8 Å². The van der Waals surface area contributed by atoms with E-state index in [9.17, 15) is 19.2 Å². The predicted octanol–water partition coefficient (Wildman–Crippen LogP) is 0.587. The number of ether oxygens (including phenoxy) is 1. The number of hydrogen-bond acceptors (Lipinski definition) is 5. The molecule has 0 aromatic heterocycles. The Balaban J connectivity index is 1.79. The largest absolute Gasteiger partial charge is 0.469 e. The van der Waals surface area contributed by atoms with Crippen molar-refractivity contribution in [1.29, 1.82) is 0 Å². The molecule has 0 fully saturated rings. The maximum atomic E-state index is 12.2. The van der Waals surface area contributed by atoms with Crippen LogP contribution in [0.25, 0.3) is 0 Å². The second-order valence-corrected chi connectivity index (χ2v) is 5.63. The van der Waals surface area contributed by atoms with Crippen LogP contribution in [0.15, 0.2) is 24.3 Å². The molecule has 1 aliphatic heterocycles. The molecule has 0 unspecified atom stereocenters. The molecule has 0 radical (unpaired) electrons. The van der Waals surface area contributed by atoms with Crippen LogP contribution in [0.3, 0.4) is 0 Å². The third-order valence-electron chi connectivity index (χ3n) is 3.82. The molecule has 0 spiro atoms. The lowest BCUT2D eigenvalue weighted by molar-refractivity contribution is -0.140. The fourth-order valence-corrected chi connectivity index (χ4v) is 2.44. The van der Waals surface area contributed by atoms with Gasteiger partial charge in [-0.15, -0.1) is 0 Å². The maximum absolute atomic E-state index is 12.2. The lowest BCUT2D eigenvalue weighted by Gasteiger charge is -2.14. The SMILES string of the molecule is COC(=O)CCCNC(=O)CC[C@@H]1NC(=O)c2ccccc2NC1=O. The minimum absolute atomic E-state index is 0.0902. The summed E-state index contributed by atoms with van der Waals surface area (Å²) in [6.45, 7) is 0.350. The molecule has 1 aromatic carbocycles. The minimum Gasteiger partial charge on any atom is -0.469 e. The fourth-order valence-electron chi connectivity index (χ4n) is 2.44. The van der Waals surface area contributed by atoms with E-state index in [-0.39, 0.29) is 43.0 Å². The van der Waals surface area contributed by atoms with Crippen LogP contribution in [0.4, 0.5) is 5.69 Å². The molecule has 1 heterocycles. The van der Waals surface area contributed by atoms with Crippen LogP contribution in [0, 0.1) is 0 Å². The first kappa shape index (κ1) is 18.4. The van der Waals surface area contributed by atoms with Gasteiger partial charge >= 0.3 is 5.97 Å². The molecule has 1 atom stereocenters. The molecule has 0 saturated carbocycles. The number of hydrogen-bond donors (Lipinski definition) is 3. The summed E-state index contributed by atoms with van der Waals surface area (Å²) in [4.78, 5) is 47.1. The van der Waals surface area contributed by atoms with Crippen LogP contribution in [-0.2, 0) is 19.1 Å². The Bertz CT molecular complexity index is 674. The number of amides is 3. The zero-order chi connectivity index (χ0) is 18.2. The standard InChI is InChI=1S/C17H21N3O5/c1-25-15(22)7-4-10-18-14(21)9-8-13-17(24)19-12-6-3-2-5-11(12)16(23)20-13/h2-3,5-6,13H,4,7-10H2,1H3,(H,18,21)(H,19,24)(H,20,23)/t13-/m0/s1. The predicted molar refractivity (Wildman–Crippen MR) is 89.8 cm³/mol. The third-order valence-corrected chi connectivity index (χ3v) is 3.82. The lowest BCUT2D eigenvalue weighted by Crippen LogP contribution is -2.42. The second kappa shape index (κ2) is 8.81. The first-order valence-corrected chi connectivity index (χ1v) is 8.05. The highest BCUT2D eigenvalue weighted by atomic mass is 16.5. The van der Waals surface area contributed by atoms with Gasteiger partial charge in [0, 0.05) is 19.4 Å². The van der Waals surface area contributed by atoms with E-state index in [1.807, 2.05) is 0 Å². The van der Waals surface area contributed by atoms with E-state index < -0.39 is 6.04 Å². The number of nitrogens with one attached hydrogen (secondary N) is 3. The van der Waals surface area contributed by atoms with Gasteiger partial charge in [0.05, 0.1) is 18.4 Å². The van der Waals surface area contributed by atoms with Crippen LogP contribution in [0.1, 0.15) is 36.0 Å². The second-order valence-electron chi connectivity index (χ2n) is 5.63. The molecular weight excluding hydrogens is 326 g/mol. The minimum atomic E-state index is -0.777.